The normalized spacial score (nSPS) is 11.0. The fourth-order valence-electron chi connectivity index (χ4n) is 1.48. The van der Waals surface area contributed by atoms with Crippen LogP contribution in [0, 0.1) is 11.7 Å². The second-order valence-corrected chi connectivity index (χ2v) is 4.43. The largest absolute Gasteiger partial charge is 0.398 e. The molecule has 0 aliphatic carbocycles. The van der Waals surface area contributed by atoms with E-state index in [1.165, 1.54) is 12.1 Å². The number of benzene rings is 1. The average molecular weight is 225 g/mol. The summed E-state index contributed by atoms with van der Waals surface area (Å²) in [5.74, 6) is 0.429. The lowest BCUT2D eigenvalue weighted by molar-refractivity contribution is 0.115. The van der Waals surface area contributed by atoms with E-state index in [1.807, 2.05) is 0 Å². The Labute approximate surface area is 96.6 Å². The van der Waals surface area contributed by atoms with Crippen molar-refractivity contribution in [2.45, 2.75) is 33.3 Å². The molecule has 0 spiro atoms. The molecule has 1 aromatic carbocycles. The van der Waals surface area contributed by atoms with Gasteiger partial charge >= 0.3 is 0 Å². The first-order chi connectivity index (χ1) is 7.59. The maximum Gasteiger partial charge on any atom is 0.123 e. The van der Waals surface area contributed by atoms with Gasteiger partial charge in [-0.2, -0.15) is 0 Å². The standard InChI is InChI=1S/C13H20FNO/c1-10(2)4-3-7-16-9-11-8-12(14)5-6-13(11)15/h5-6,8,10H,3-4,7,9,15H2,1-2H3. The molecule has 0 aliphatic rings. The quantitative estimate of drug-likeness (QED) is 0.595. The lowest BCUT2D eigenvalue weighted by atomic mass is 10.1. The van der Waals surface area contributed by atoms with Crippen LogP contribution in [0.2, 0.25) is 0 Å². The first-order valence-corrected chi connectivity index (χ1v) is 5.71. The fraction of sp³-hybridized carbons (Fsp3) is 0.538. The van der Waals surface area contributed by atoms with Gasteiger partial charge in [-0.15, -0.1) is 0 Å². The third-order valence-corrected chi connectivity index (χ3v) is 2.43. The molecule has 0 saturated heterocycles. The van der Waals surface area contributed by atoms with Crippen LogP contribution in [0.25, 0.3) is 0 Å². The lowest BCUT2D eigenvalue weighted by Crippen LogP contribution is -2.01. The molecule has 0 unspecified atom stereocenters. The summed E-state index contributed by atoms with van der Waals surface area (Å²) in [6.07, 6.45) is 2.19. The molecule has 0 fully saturated rings. The number of nitrogen functional groups attached to an aromatic ring is 1. The zero-order valence-electron chi connectivity index (χ0n) is 10.0. The van der Waals surface area contributed by atoms with Gasteiger partial charge in [0.05, 0.1) is 6.61 Å². The van der Waals surface area contributed by atoms with E-state index in [0.29, 0.717) is 24.8 Å². The van der Waals surface area contributed by atoms with Gasteiger partial charge in [0.1, 0.15) is 5.82 Å². The highest BCUT2D eigenvalue weighted by Gasteiger charge is 2.01. The molecule has 0 amide bonds. The molecule has 0 bridgehead atoms. The molecular weight excluding hydrogens is 205 g/mol. The van der Waals surface area contributed by atoms with Gasteiger partial charge in [0, 0.05) is 17.9 Å². The second kappa shape index (κ2) is 6.48. The van der Waals surface area contributed by atoms with Crippen molar-refractivity contribution in [3.8, 4) is 0 Å². The summed E-state index contributed by atoms with van der Waals surface area (Å²) in [5, 5.41) is 0. The van der Waals surface area contributed by atoms with Crippen molar-refractivity contribution in [2.24, 2.45) is 5.92 Å². The highest BCUT2D eigenvalue weighted by Crippen LogP contribution is 2.14. The van der Waals surface area contributed by atoms with Crippen molar-refractivity contribution in [1.29, 1.82) is 0 Å². The summed E-state index contributed by atoms with van der Waals surface area (Å²) in [6, 6.07) is 4.36. The Morgan fingerprint density at radius 3 is 2.81 bits per heavy atom. The molecule has 2 nitrogen and oxygen atoms in total. The maximum absolute atomic E-state index is 12.9. The molecule has 0 aliphatic heterocycles. The van der Waals surface area contributed by atoms with Gasteiger partial charge in [0.25, 0.3) is 0 Å². The van der Waals surface area contributed by atoms with Crippen molar-refractivity contribution in [1.82, 2.24) is 0 Å². The SMILES string of the molecule is CC(C)CCCOCc1cc(F)ccc1N. The van der Waals surface area contributed by atoms with Gasteiger partial charge in [-0.25, -0.2) is 4.39 Å². The van der Waals surface area contributed by atoms with E-state index in [-0.39, 0.29) is 5.82 Å². The molecule has 0 atom stereocenters. The Kier molecular flexibility index (Phi) is 5.26. The third-order valence-electron chi connectivity index (χ3n) is 2.43. The van der Waals surface area contributed by atoms with Crippen LogP contribution in [0.1, 0.15) is 32.3 Å². The number of anilines is 1. The van der Waals surface area contributed by atoms with E-state index in [2.05, 4.69) is 13.8 Å². The predicted molar refractivity (Wildman–Crippen MR) is 64.5 cm³/mol. The van der Waals surface area contributed by atoms with Crippen molar-refractivity contribution in [2.75, 3.05) is 12.3 Å². The Hall–Kier alpha value is -1.09. The predicted octanol–water partition coefficient (Wildman–Crippen LogP) is 3.36. The summed E-state index contributed by atoms with van der Waals surface area (Å²) in [7, 11) is 0. The first kappa shape index (κ1) is 13.0. The van der Waals surface area contributed by atoms with Gasteiger partial charge in [0.2, 0.25) is 0 Å². The van der Waals surface area contributed by atoms with Crippen LogP contribution in [-0.4, -0.2) is 6.61 Å². The minimum Gasteiger partial charge on any atom is -0.398 e. The summed E-state index contributed by atoms with van der Waals surface area (Å²) >= 11 is 0. The van der Waals surface area contributed by atoms with Crippen LogP contribution in [0.4, 0.5) is 10.1 Å². The van der Waals surface area contributed by atoms with E-state index < -0.39 is 0 Å². The Morgan fingerprint density at radius 2 is 2.12 bits per heavy atom. The van der Waals surface area contributed by atoms with Crippen molar-refractivity contribution in [3.05, 3.63) is 29.6 Å². The molecular formula is C13H20FNO. The van der Waals surface area contributed by atoms with E-state index in [9.17, 15) is 4.39 Å². The van der Waals surface area contributed by atoms with Crippen LogP contribution in [0.3, 0.4) is 0 Å². The second-order valence-electron chi connectivity index (χ2n) is 4.43. The summed E-state index contributed by atoms with van der Waals surface area (Å²) < 4.78 is 18.4. The molecule has 1 aromatic rings. The number of rotatable bonds is 6. The maximum atomic E-state index is 12.9. The van der Waals surface area contributed by atoms with Crippen molar-refractivity contribution in [3.63, 3.8) is 0 Å². The van der Waals surface area contributed by atoms with Gasteiger partial charge in [-0.05, 0) is 37.0 Å². The molecule has 16 heavy (non-hydrogen) atoms. The van der Waals surface area contributed by atoms with Crippen LogP contribution < -0.4 is 5.73 Å². The summed E-state index contributed by atoms with van der Waals surface area (Å²) in [5.41, 5.74) is 7.02. The number of hydrogen-bond donors (Lipinski definition) is 1. The minimum absolute atomic E-state index is 0.269. The van der Waals surface area contributed by atoms with E-state index in [4.69, 9.17) is 10.5 Å². The van der Waals surface area contributed by atoms with E-state index >= 15 is 0 Å². The smallest absolute Gasteiger partial charge is 0.123 e. The highest BCUT2D eigenvalue weighted by atomic mass is 19.1. The van der Waals surface area contributed by atoms with E-state index in [1.54, 1.807) is 6.07 Å². The monoisotopic (exact) mass is 225 g/mol. The van der Waals surface area contributed by atoms with Crippen LogP contribution in [0.15, 0.2) is 18.2 Å². The third kappa shape index (κ3) is 4.62. The van der Waals surface area contributed by atoms with Gasteiger partial charge < -0.3 is 10.5 Å². The lowest BCUT2D eigenvalue weighted by Gasteiger charge is -2.08. The van der Waals surface area contributed by atoms with E-state index in [0.717, 1.165) is 18.4 Å². The highest BCUT2D eigenvalue weighted by molar-refractivity contribution is 5.46. The van der Waals surface area contributed by atoms with Crippen LogP contribution in [0.5, 0.6) is 0 Å². The Balaban J connectivity index is 2.29. The number of hydrogen-bond acceptors (Lipinski definition) is 2. The molecule has 1 rings (SSSR count). The molecule has 3 heteroatoms. The fourth-order valence-corrected chi connectivity index (χ4v) is 1.48. The van der Waals surface area contributed by atoms with Crippen LogP contribution in [-0.2, 0) is 11.3 Å². The first-order valence-electron chi connectivity index (χ1n) is 5.71. The zero-order chi connectivity index (χ0) is 12.0. The van der Waals surface area contributed by atoms with Gasteiger partial charge in [0.15, 0.2) is 0 Å². The molecule has 0 heterocycles. The molecule has 0 radical (unpaired) electrons. The number of halogens is 1. The summed E-state index contributed by atoms with van der Waals surface area (Å²) in [6.45, 7) is 5.46. The zero-order valence-corrected chi connectivity index (χ0v) is 10.0. The number of nitrogens with two attached hydrogens (primary N) is 1. The van der Waals surface area contributed by atoms with Gasteiger partial charge in [-0.3, -0.25) is 0 Å². The van der Waals surface area contributed by atoms with Crippen molar-refractivity contribution >= 4 is 5.69 Å². The average Bonchev–Trinajstić information content (AvgIpc) is 2.22. The topological polar surface area (TPSA) is 35.2 Å². The molecule has 0 aromatic heterocycles. The summed E-state index contributed by atoms with van der Waals surface area (Å²) in [4.78, 5) is 0. The Bertz CT molecular complexity index is 326. The van der Waals surface area contributed by atoms with Crippen molar-refractivity contribution < 1.29 is 9.13 Å². The molecule has 0 saturated carbocycles. The number of ether oxygens (including phenoxy) is 1. The van der Waals surface area contributed by atoms with Crippen LogP contribution >= 0.6 is 0 Å². The Morgan fingerprint density at radius 1 is 1.38 bits per heavy atom. The molecule has 90 valence electrons. The van der Waals surface area contributed by atoms with Gasteiger partial charge in [-0.1, -0.05) is 13.8 Å². The molecule has 2 N–H and O–H groups in total. The minimum atomic E-state index is -0.269.